The zero-order valence-corrected chi connectivity index (χ0v) is 13.7. The van der Waals surface area contributed by atoms with Crippen LogP contribution in [-0.4, -0.2) is 29.1 Å². The number of carbonyl (C=O) groups is 1. The van der Waals surface area contributed by atoms with Gasteiger partial charge >= 0.3 is 0 Å². The minimum Gasteiger partial charge on any atom is -0.338 e. The predicted molar refractivity (Wildman–Crippen MR) is 87.1 cm³/mol. The van der Waals surface area contributed by atoms with Gasteiger partial charge in [-0.3, -0.25) is 15.0 Å². The standard InChI is InChI=1S/C16H21N3O2S/c1-11(2)12-9-16(21-18-12)17-15(20)10-19-7-3-5-13(19)14-6-4-8-22-14/h4,6,8-9,11,13H,3,5,7,10H2,1-2H3,(H,17,20)/t13-/m1/s1. The van der Waals surface area contributed by atoms with Gasteiger partial charge < -0.3 is 4.52 Å². The summed E-state index contributed by atoms with van der Waals surface area (Å²) in [6.45, 7) is 5.43. The minimum absolute atomic E-state index is 0.0464. The van der Waals surface area contributed by atoms with Crippen LogP contribution in [0.4, 0.5) is 5.88 Å². The molecule has 1 saturated heterocycles. The number of carbonyl (C=O) groups excluding carboxylic acids is 1. The molecule has 1 aliphatic heterocycles. The quantitative estimate of drug-likeness (QED) is 0.914. The van der Waals surface area contributed by atoms with Gasteiger partial charge in [0.1, 0.15) is 0 Å². The highest BCUT2D eigenvalue weighted by atomic mass is 32.1. The van der Waals surface area contributed by atoms with Crippen molar-refractivity contribution < 1.29 is 9.32 Å². The average molecular weight is 319 g/mol. The normalized spacial score (nSPS) is 19.0. The number of thiophene rings is 1. The molecule has 1 amide bonds. The van der Waals surface area contributed by atoms with Crippen LogP contribution in [0.15, 0.2) is 28.1 Å². The van der Waals surface area contributed by atoms with Crippen LogP contribution in [0.5, 0.6) is 0 Å². The molecule has 1 fully saturated rings. The van der Waals surface area contributed by atoms with Gasteiger partial charge in [0.15, 0.2) is 0 Å². The molecule has 1 aliphatic rings. The summed E-state index contributed by atoms with van der Waals surface area (Å²) < 4.78 is 5.16. The molecule has 6 heteroatoms. The maximum absolute atomic E-state index is 12.2. The van der Waals surface area contributed by atoms with Gasteiger partial charge in [-0.2, -0.15) is 0 Å². The minimum atomic E-state index is -0.0464. The molecule has 0 bridgehead atoms. The first-order chi connectivity index (χ1) is 10.6. The molecule has 1 N–H and O–H groups in total. The summed E-state index contributed by atoms with van der Waals surface area (Å²) in [5.74, 6) is 0.673. The molecular weight excluding hydrogens is 298 g/mol. The van der Waals surface area contributed by atoms with E-state index in [1.165, 1.54) is 4.88 Å². The van der Waals surface area contributed by atoms with Gasteiger partial charge in [-0.05, 0) is 36.8 Å². The summed E-state index contributed by atoms with van der Waals surface area (Å²) in [6.07, 6.45) is 2.25. The summed E-state index contributed by atoms with van der Waals surface area (Å²) in [4.78, 5) is 15.8. The summed E-state index contributed by atoms with van der Waals surface area (Å²) in [7, 11) is 0. The van der Waals surface area contributed by atoms with Crippen molar-refractivity contribution in [1.29, 1.82) is 0 Å². The number of aromatic nitrogens is 1. The average Bonchev–Trinajstić information content (AvgIpc) is 3.18. The van der Waals surface area contributed by atoms with Crippen molar-refractivity contribution in [2.45, 2.75) is 38.6 Å². The van der Waals surface area contributed by atoms with E-state index in [2.05, 4.69) is 32.9 Å². The van der Waals surface area contributed by atoms with Crippen LogP contribution in [0.25, 0.3) is 0 Å². The third kappa shape index (κ3) is 3.39. The van der Waals surface area contributed by atoms with Crippen molar-refractivity contribution in [1.82, 2.24) is 10.1 Å². The topological polar surface area (TPSA) is 58.4 Å². The Bertz CT molecular complexity index is 621. The second-order valence-electron chi connectivity index (χ2n) is 5.96. The smallest absolute Gasteiger partial charge is 0.240 e. The number of anilines is 1. The van der Waals surface area contributed by atoms with Gasteiger partial charge in [-0.25, -0.2) is 0 Å². The van der Waals surface area contributed by atoms with Crippen molar-refractivity contribution in [3.8, 4) is 0 Å². The van der Waals surface area contributed by atoms with Gasteiger partial charge in [0.2, 0.25) is 11.8 Å². The van der Waals surface area contributed by atoms with Crippen LogP contribution in [-0.2, 0) is 4.79 Å². The van der Waals surface area contributed by atoms with Crippen molar-refractivity contribution in [2.24, 2.45) is 0 Å². The van der Waals surface area contributed by atoms with Crippen molar-refractivity contribution in [3.05, 3.63) is 34.2 Å². The summed E-state index contributed by atoms with van der Waals surface area (Å²) in [6, 6.07) is 6.38. The molecule has 3 heterocycles. The zero-order chi connectivity index (χ0) is 15.5. The molecule has 2 aromatic rings. The van der Waals surface area contributed by atoms with Crippen molar-refractivity contribution >= 4 is 23.1 Å². The fourth-order valence-electron chi connectivity index (χ4n) is 2.80. The first-order valence-electron chi connectivity index (χ1n) is 7.67. The van der Waals surface area contributed by atoms with Gasteiger partial charge in [-0.15, -0.1) is 11.3 Å². The van der Waals surface area contributed by atoms with Crippen LogP contribution >= 0.6 is 11.3 Å². The largest absolute Gasteiger partial charge is 0.338 e. The number of nitrogens with one attached hydrogen (secondary N) is 1. The van der Waals surface area contributed by atoms with E-state index in [0.29, 0.717) is 18.5 Å². The molecule has 0 saturated carbocycles. The third-order valence-corrected chi connectivity index (χ3v) is 4.94. The number of rotatable bonds is 5. The predicted octanol–water partition coefficient (Wildman–Crippen LogP) is 3.64. The van der Waals surface area contributed by atoms with E-state index in [-0.39, 0.29) is 11.8 Å². The molecule has 3 rings (SSSR count). The van der Waals surface area contributed by atoms with Crippen LogP contribution in [0.3, 0.4) is 0 Å². The molecule has 118 valence electrons. The van der Waals surface area contributed by atoms with Crippen LogP contribution in [0.2, 0.25) is 0 Å². The van der Waals surface area contributed by atoms with Crippen molar-refractivity contribution in [2.75, 3.05) is 18.4 Å². The molecule has 0 spiro atoms. The molecule has 0 unspecified atom stereocenters. The summed E-state index contributed by atoms with van der Waals surface area (Å²) >= 11 is 1.76. The zero-order valence-electron chi connectivity index (χ0n) is 12.9. The van der Waals surface area contributed by atoms with E-state index in [9.17, 15) is 4.79 Å². The lowest BCUT2D eigenvalue weighted by Crippen LogP contribution is -2.32. The highest BCUT2D eigenvalue weighted by Crippen LogP contribution is 2.34. The van der Waals surface area contributed by atoms with Crippen LogP contribution < -0.4 is 5.32 Å². The lowest BCUT2D eigenvalue weighted by Gasteiger charge is -2.22. The Morgan fingerprint density at radius 1 is 1.59 bits per heavy atom. The Morgan fingerprint density at radius 2 is 2.45 bits per heavy atom. The van der Waals surface area contributed by atoms with Crippen molar-refractivity contribution in [3.63, 3.8) is 0 Å². The van der Waals surface area contributed by atoms with Gasteiger partial charge in [0.05, 0.1) is 12.2 Å². The van der Waals surface area contributed by atoms with Crippen LogP contribution in [0, 0.1) is 0 Å². The van der Waals surface area contributed by atoms with Gasteiger partial charge in [0, 0.05) is 17.0 Å². The fraction of sp³-hybridized carbons (Fsp3) is 0.500. The maximum atomic E-state index is 12.2. The van der Waals surface area contributed by atoms with Crippen LogP contribution in [0.1, 0.15) is 49.2 Å². The number of amides is 1. The fourth-order valence-corrected chi connectivity index (χ4v) is 3.70. The Kier molecular flexibility index (Phi) is 4.59. The lowest BCUT2D eigenvalue weighted by molar-refractivity contribution is -0.117. The van der Waals surface area contributed by atoms with E-state index in [1.807, 2.05) is 13.8 Å². The van der Waals surface area contributed by atoms with E-state index in [4.69, 9.17) is 4.52 Å². The van der Waals surface area contributed by atoms with E-state index >= 15 is 0 Å². The van der Waals surface area contributed by atoms with E-state index in [0.717, 1.165) is 25.1 Å². The molecule has 0 aliphatic carbocycles. The second kappa shape index (κ2) is 6.62. The number of nitrogens with zero attached hydrogens (tertiary/aromatic N) is 2. The monoisotopic (exact) mass is 319 g/mol. The lowest BCUT2D eigenvalue weighted by atomic mass is 10.1. The number of hydrogen-bond acceptors (Lipinski definition) is 5. The SMILES string of the molecule is CC(C)c1cc(NC(=O)CN2CCC[C@@H]2c2cccs2)on1. The number of likely N-dealkylation sites (tertiary alicyclic amines) is 1. The Balaban J connectivity index is 1.59. The van der Waals surface area contributed by atoms with Gasteiger partial charge in [-0.1, -0.05) is 25.1 Å². The Labute approximate surface area is 134 Å². The van der Waals surface area contributed by atoms with Gasteiger partial charge in [0.25, 0.3) is 0 Å². The Morgan fingerprint density at radius 3 is 3.14 bits per heavy atom. The molecular formula is C16H21N3O2S. The van der Waals surface area contributed by atoms with E-state index in [1.54, 1.807) is 17.4 Å². The molecule has 2 aromatic heterocycles. The highest BCUT2D eigenvalue weighted by molar-refractivity contribution is 7.10. The van der Waals surface area contributed by atoms with E-state index < -0.39 is 0 Å². The summed E-state index contributed by atoms with van der Waals surface area (Å²) in [5.41, 5.74) is 0.855. The molecule has 0 aromatic carbocycles. The third-order valence-electron chi connectivity index (χ3n) is 3.96. The number of hydrogen-bond donors (Lipinski definition) is 1. The highest BCUT2D eigenvalue weighted by Gasteiger charge is 2.28. The molecule has 0 radical (unpaired) electrons. The molecule has 5 nitrogen and oxygen atoms in total. The summed E-state index contributed by atoms with van der Waals surface area (Å²) in [5, 5.41) is 8.85. The molecule has 22 heavy (non-hydrogen) atoms. The first-order valence-corrected chi connectivity index (χ1v) is 8.55. The maximum Gasteiger partial charge on any atom is 0.240 e. The Hall–Kier alpha value is -1.66. The molecule has 1 atom stereocenters. The first kappa shape index (κ1) is 15.2. The second-order valence-corrected chi connectivity index (χ2v) is 6.94.